The largest absolute Gasteiger partial charge is 0.444 e. The number of nitrogens with one attached hydrogen (secondary N) is 1. The predicted octanol–water partition coefficient (Wildman–Crippen LogP) is 1.72. The van der Waals surface area contributed by atoms with Crippen LogP contribution in [0.25, 0.3) is 0 Å². The van der Waals surface area contributed by atoms with Crippen LogP contribution in [0.2, 0.25) is 0 Å². The number of piperidine rings is 1. The van der Waals surface area contributed by atoms with E-state index in [4.69, 9.17) is 21.9 Å². The second-order valence-corrected chi connectivity index (χ2v) is 7.44. The molecule has 1 saturated heterocycles. The molecule has 1 heterocycles. The number of benzene rings is 1. The van der Waals surface area contributed by atoms with Crippen molar-refractivity contribution < 1.29 is 9.53 Å². The Morgan fingerprint density at radius 3 is 2.26 bits per heavy atom. The van der Waals surface area contributed by atoms with Crippen molar-refractivity contribution in [1.82, 2.24) is 4.90 Å². The van der Waals surface area contributed by atoms with Gasteiger partial charge in [0.25, 0.3) is 0 Å². The summed E-state index contributed by atoms with van der Waals surface area (Å²) in [5.74, 6) is -0.127. The minimum atomic E-state index is -0.471. The zero-order valence-corrected chi connectivity index (χ0v) is 16.1. The van der Waals surface area contributed by atoms with E-state index in [0.717, 1.165) is 18.5 Å². The average Bonchev–Trinajstić information content (AvgIpc) is 2.55. The fourth-order valence-electron chi connectivity index (χ4n) is 2.69. The highest BCUT2D eigenvalue weighted by atomic mass is 16.6. The molecule has 9 nitrogen and oxygen atoms in total. The second-order valence-electron chi connectivity index (χ2n) is 7.44. The number of nitrogens with zero attached hydrogens (tertiary/aromatic N) is 3. The molecule has 9 heteroatoms. The second kappa shape index (κ2) is 8.61. The Kier molecular flexibility index (Phi) is 6.49. The average molecular weight is 375 g/mol. The summed E-state index contributed by atoms with van der Waals surface area (Å²) in [5, 5.41) is 3.48. The molecule has 1 aromatic rings. The lowest BCUT2D eigenvalue weighted by molar-refractivity contribution is 0.0210. The molecule has 148 valence electrons. The number of hydrogen-bond donors (Lipinski definition) is 4. The summed E-state index contributed by atoms with van der Waals surface area (Å²) in [5.41, 5.74) is 17.3. The maximum Gasteiger partial charge on any atom is 0.410 e. The Balaban J connectivity index is 1.85. The molecular formula is C18H29N7O2. The van der Waals surface area contributed by atoms with Gasteiger partial charge >= 0.3 is 6.09 Å². The van der Waals surface area contributed by atoms with E-state index in [1.54, 1.807) is 4.90 Å². The minimum Gasteiger partial charge on any atom is -0.444 e. The van der Waals surface area contributed by atoms with Crippen LogP contribution in [-0.4, -0.2) is 47.6 Å². The standard InChI is InChI=1S/C18H29N7O2/c1-18(2,3)27-17(26)25-10-8-14(9-11-25)22-12-4-6-13(7-5-12)23-16(21)24-15(19)20/h4-7,14,22H,8-11H2,1-3H3,(H6,19,20,21,23,24). The molecule has 1 aliphatic rings. The summed E-state index contributed by atoms with van der Waals surface area (Å²) < 4.78 is 5.42. The first-order valence-electron chi connectivity index (χ1n) is 8.91. The molecule has 1 aliphatic heterocycles. The molecule has 1 fully saturated rings. The van der Waals surface area contributed by atoms with Gasteiger partial charge in [-0.25, -0.2) is 9.79 Å². The van der Waals surface area contributed by atoms with Crippen LogP contribution in [0.3, 0.4) is 0 Å². The van der Waals surface area contributed by atoms with E-state index in [9.17, 15) is 4.79 Å². The van der Waals surface area contributed by atoms with Crippen LogP contribution in [0, 0.1) is 0 Å². The molecule has 1 aromatic carbocycles. The molecule has 0 bridgehead atoms. The molecule has 0 aromatic heterocycles. The highest BCUT2D eigenvalue weighted by Gasteiger charge is 2.26. The number of carbonyl (C=O) groups excluding carboxylic acids is 1. The zero-order chi connectivity index (χ0) is 20.0. The molecular weight excluding hydrogens is 346 g/mol. The first kappa shape index (κ1) is 20.3. The van der Waals surface area contributed by atoms with Gasteiger partial charge in [0, 0.05) is 24.8 Å². The van der Waals surface area contributed by atoms with Crippen LogP contribution in [0.15, 0.2) is 34.3 Å². The van der Waals surface area contributed by atoms with Crippen molar-refractivity contribution in [1.29, 1.82) is 0 Å². The Bertz CT molecular complexity index is 695. The molecule has 0 unspecified atom stereocenters. The number of carbonyl (C=O) groups is 1. The lowest BCUT2D eigenvalue weighted by Gasteiger charge is -2.34. The van der Waals surface area contributed by atoms with Gasteiger partial charge in [-0.3, -0.25) is 0 Å². The van der Waals surface area contributed by atoms with Gasteiger partial charge in [0.05, 0.1) is 5.69 Å². The van der Waals surface area contributed by atoms with Gasteiger partial charge in [-0.2, -0.15) is 4.99 Å². The first-order chi connectivity index (χ1) is 12.6. The Hall–Kier alpha value is -2.97. The SMILES string of the molecule is CC(C)(C)OC(=O)N1CCC(Nc2ccc(N=C(N)N=C(N)N)cc2)CC1. The van der Waals surface area contributed by atoms with Crippen LogP contribution in [0.5, 0.6) is 0 Å². The smallest absolute Gasteiger partial charge is 0.410 e. The third-order valence-corrected chi connectivity index (χ3v) is 3.87. The number of hydrogen-bond acceptors (Lipinski definition) is 4. The van der Waals surface area contributed by atoms with Gasteiger partial charge in [0.2, 0.25) is 5.96 Å². The van der Waals surface area contributed by atoms with Gasteiger partial charge in [-0.15, -0.1) is 0 Å². The highest BCUT2D eigenvalue weighted by Crippen LogP contribution is 2.21. The maximum atomic E-state index is 12.1. The number of ether oxygens (including phenoxy) is 1. The normalized spacial score (nSPS) is 16.0. The summed E-state index contributed by atoms with van der Waals surface area (Å²) in [6, 6.07) is 7.79. The number of rotatable bonds is 3. The number of amides is 1. The van der Waals surface area contributed by atoms with Crippen LogP contribution in [0.1, 0.15) is 33.6 Å². The van der Waals surface area contributed by atoms with Gasteiger partial charge < -0.3 is 32.2 Å². The number of aliphatic imine (C=N–C) groups is 2. The Labute approximate surface area is 159 Å². The number of nitrogens with two attached hydrogens (primary N) is 3. The van der Waals surface area contributed by atoms with Crippen molar-refractivity contribution in [2.75, 3.05) is 18.4 Å². The topological polar surface area (TPSA) is 144 Å². The Morgan fingerprint density at radius 2 is 1.74 bits per heavy atom. The number of guanidine groups is 2. The van der Waals surface area contributed by atoms with Crippen molar-refractivity contribution in [3.8, 4) is 0 Å². The van der Waals surface area contributed by atoms with Gasteiger partial charge in [0.1, 0.15) is 5.60 Å². The van der Waals surface area contributed by atoms with E-state index in [0.29, 0.717) is 24.8 Å². The van der Waals surface area contributed by atoms with Crippen molar-refractivity contribution in [2.24, 2.45) is 27.2 Å². The van der Waals surface area contributed by atoms with E-state index in [-0.39, 0.29) is 18.0 Å². The fourth-order valence-corrected chi connectivity index (χ4v) is 2.69. The van der Waals surface area contributed by atoms with Gasteiger partial charge in [0.15, 0.2) is 5.96 Å². The van der Waals surface area contributed by atoms with Crippen LogP contribution in [-0.2, 0) is 4.74 Å². The molecule has 0 saturated carbocycles. The maximum absolute atomic E-state index is 12.1. The number of likely N-dealkylation sites (tertiary alicyclic amines) is 1. The lowest BCUT2D eigenvalue weighted by atomic mass is 10.0. The van der Waals surface area contributed by atoms with E-state index in [1.807, 2.05) is 45.0 Å². The Morgan fingerprint density at radius 1 is 1.15 bits per heavy atom. The summed E-state index contributed by atoms with van der Waals surface area (Å²) in [4.78, 5) is 21.6. The summed E-state index contributed by atoms with van der Waals surface area (Å²) in [6.07, 6.45) is 1.47. The lowest BCUT2D eigenvalue weighted by Crippen LogP contribution is -2.44. The van der Waals surface area contributed by atoms with E-state index in [1.165, 1.54) is 0 Å². The zero-order valence-electron chi connectivity index (χ0n) is 16.1. The van der Waals surface area contributed by atoms with Crippen LogP contribution < -0.4 is 22.5 Å². The van der Waals surface area contributed by atoms with E-state index in [2.05, 4.69) is 15.3 Å². The molecule has 2 rings (SSSR count). The minimum absolute atomic E-state index is 0.00484. The summed E-state index contributed by atoms with van der Waals surface area (Å²) in [6.45, 7) is 6.96. The molecule has 7 N–H and O–H groups in total. The molecule has 0 spiro atoms. The summed E-state index contributed by atoms with van der Waals surface area (Å²) in [7, 11) is 0. The van der Waals surface area contributed by atoms with Gasteiger partial charge in [-0.1, -0.05) is 0 Å². The highest BCUT2D eigenvalue weighted by molar-refractivity contribution is 5.93. The fraction of sp³-hybridized carbons (Fsp3) is 0.500. The summed E-state index contributed by atoms with van der Waals surface area (Å²) >= 11 is 0. The predicted molar refractivity (Wildman–Crippen MR) is 108 cm³/mol. The molecule has 27 heavy (non-hydrogen) atoms. The third-order valence-electron chi connectivity index (χ3n) is 3.87. The molecule has 1 amide bonds. The quantitative estimate of drug-likeness (QED) is 0.467. The van der Waals surface area contributed by atoms with Crippen molar-refractivity contribution >= 4 is 29.4 Å². The first-order valence-corrected chi connectivity index (χ1v) is 8.91. The van der Waals surface area contributed by atoms with Crippen LogP contribution >= 0.6 is 0 Å². The molecule has 0 atom stereocenters. The third kappa shape index (κ3) is 7.04. The molecule has 0 radical (unpaired) electrons. The number of anilines is 1. The van der Waals surface area contributed by atoms with E-state index < -0.39 is 5.60 Å². The van der Waals surface area contributed by atoms with Crippen molar-refractivity contribution in [3.05, 3.63) is 24.3 Å². The van der Waals surface area contributed by atoms with Crippen LogP contribution in [0.4, 0.5) is 16.2 Å². The van der Waals surface area contributed by atoms with Crippen molar-refractivity contribution in [2.45, 2.75) is 45.3 Å². The van der Waals surface area contributed by atoms with E-state index >= 15 is 0 Å². The van der Waals surface area contributed by atoms with Gasteiger partial charge in [-0.05, 0) is 57.9 Å². The van der Waals surface area contributed by atoms with Crippen molar-refractivity contribution in [3.63, 3.8) is 0 Å². The molecule has 0 aliphatic carbocycles. The monoisotopic (exact) mass is 375 g/mol.